The van der Waals surface area contributed by atoms with Gasteiger partial charge in [-0.2, -0.15) is 0 Å². The van der Waals surface area contributed by atoms with Gasteiger partial charge in [0.15, 0.2) is 12.6 Å². The van der Waals surface area contributed by atoms with E-state index in [9.17, 15) is 20.4 Å². The maximum atomic E-state index is 10.2. The molecule has 7 aromatic rings. The average Bonchev–Trinajstić information content (AvgIpc) is 2.99. The molecule has 0 spiro atoms. The molecular formula is C34H24N2O4. The molecule has 0 unspecified atom stereocenters. The first-order valence-corrected chi connectivity index (χ1v) is 12.9. The van der Waals surface area contributed by atoms with Gasteiger partial charge in [0.05, 0.1) is 0 Å². The molecule has 7 rings (SSSR count). The van der Waals surface area contributed by atoms with Crippen molar-refractivity contribution in [3.05, 3.63) is 121 Å². The lowest BCUT2D eigenvalue weighted by Gasteiger charge is -2.20. The molecule has 2 aromatic heterocycles. The zero-order valence-corrected chi connectivity index (χ0v) is 21.2. The molecule has 0 aliphatic rings. The van der Waals surface area contributed by atoms with Gasteiger partial charge in [-0.05, 0) is 91.0 Å². The van der Waals surface area contributed by atoms with Gasteiger partial charge in [0.1, 0.15) is 0 Å². The van der Waals surface area contributed by atoms with Crippen molar-refractivity contribution in [1.82, 2.24) is 9.97 Å². The minimum Gasteiger partial charge on any atom is -0.364 e. The van der Waals surface area contributed by atoms with Crippen molar-refractivity contribution in [3.63, 3.8) is 0 Å². The Morgan fingerprint density at radius 2 is 1.00 bits per heavy atom. The highest BCUT2D eigenvalue weighted by molar-refractivity contribution is 6.27. The molecule has 0 atom stereocenters. The highest BCUT2D eigenvalue weighted by Gasteiger charge is 2.20. The van der Waals surface area contributed by atoms with E-state index < -0.39 is 12.6 Å². The lowest BCUT2D eigenvalue weighted by Crippen LogP contribution is -2.00. The van der Waals surface area contributed by atoms with Crippen LogP contribution < -0.4 is 0 Å². The van der Waals surface area contributed by atoms with Gasteiger partial charge in [0, 0.05) is 47.0 Å². The van der Waals surface area contributed by atoms with Crippen LogP contribution >= 0.6 is 0 Å². The number of aliphatic hydroxyl groups is 4. The molecule has 194 valence electrons. The summed E-state index contributed by atoms with van der Waals surface area (Å²) in [5.74, 6) is 0. The minimum absolute atomic E-state index is 0.392. The Balaban J connectivity index is 1.59. The third-order valence-corrected chi connectivity index (χ3v) is 7.64. The summed E-state index contributed by atoms with van der Waals surface area (Å²) in [6, 6.07) is 27.3. The largest absolute Gasteiger partial charge is 0.364 e. The lowest BCUT2D eigenvalue weighted by atomic mass is 9.85. The van der Waals surface area contributed by atoms with Crippen LogP contribution in [0.4, 0.5) is 0 Å². The zero-order chi connectivity index (χ0) is 27.4. The van der Waals surface area contributed by atoms with Crippen molar-refractivity contribution >= 4 is 32.3 Å². The Morgan fingerprint density at radius 1 is 0.475 bits per heavy atom. The molecule has 0 aliphatic heterocycles. The van der Waals surface area contributed by atoms with Crippen LogP contribution in [0.25, 0.3) is 65.7 Å². The van der Waals surface area contributed by atoms with Gasteiger partial charge >= 0.3 is 0 Å². The van der Waals surface area contributed by atoms with E-state index in [0.717, 1.165) is 54.9 Å². The molecule has 5 aromatic carbocycles. The molecule has 0 radical (unpaired) electrons. The van der Waals surface area contributed by atoms with Gasteiger partial charge in [-0.15, -0.1) is 0 Å². The normalized spacial score (nSPS) is 11.9. The predicted octanol–water partition coefficient (Wildman–Crippen LogP) is 6.34. The van der Waals surface area contributed by atoms with E-state index in [1.807, 2.05) is 60.9 Å². The van der Waals surface area contributed by atoms with Crippen molar-refractivity contribution in [1.29, 1.82) is 0 Å². The fourth-order valence-electron chi connectivity index (χ4n) is 5.81. The topological polar surface area (TPSA) is 107 Å². The van der Waals surface area contributed by atoms with E-state index in [1.165, 1.54) is 0 Å². The summed E-state index contributed by atoms with van der Waals surface area (Å²) in [6.07, 6.45) is 3.90. The van der Waals surface area contributed by atoms with E-state index in [-0.39, 0.29) is 0 Å². The first-order valence-electron chi connectivity index (χ1n) is 12.9. The van der Waals surface area contributed by atoms with Crippen molar-refractivity contribution in [3.8, 4) is 33.4 Å². The second-order valence-electron chi connectivity index (χ2n) is 9.94. The molecule has 0 amide bonds. The first kappa shape index (κ1) is 24.3. The van der Waals surface area contributed by atoms with Crippen LogP contribution in [0, 0.1) is 0 Å². The molecule has 6 heteroatoms. The molecule has 0 bridgehead atoms. The van der Waals surface area contributed by atoms with Gasteiger partial charge in [0.2, 0.25) is 0 Å². The van der Waals surface area contributed by atoms with Crippen LogP contribution in [-0.4, -0.2) is 30.4 Å². The van der Waals surface area contributed by atoms with Crippen LogP contribution in [0.5, 0.6) is 0 Å². The quantitative estimate of drug-likeness (QED) is 0.155. The molecule has 0 saturated carbocycles. The fourth-order valence-corrected chi connectivity index (χ4v) is 5.81. The van der Waals surface area contributed by atoms with Crippen LogP contribution in [0.3, 0.4) is 0 Å². The highest BCUT2D eigenvalue weighted by atomic mass is 16.5. The van der Waals surface area contributed by atoms with Crippen LogP contribution in [0.15, 0.2) is 110 Å². The van der Waals surface area contributed by atoms with Gasteiger partial charge in [-0.25, -0.2) is 0 Å². The number of aromatic nitrogens is 2. The van der Waals surface area contributed by atoms with Crippen molar-refractivity contribution in [2.24, 2.45) is 0 Å². The number of rotatable bonds is 5. The number of hydrogen-bond acceptors (Lipinski definition) is 6. The molecule has 4 N–H and O–H groups in total. The van der Waals surface area contributed by atoms with Crippen molar-refractivity contribution in [2.45, 2.75) is 12.6 Å². The number of aliphatic hydroxyl groups excluding tert-OH is 2. The van der Waals surface area contributed by atoms with E-state index in [0.29, 0.717) is 21.9 Å². The molecule has 0 fully saturated rings. The molecule has 40 heavy (non-hydrogen) atoms. The summed E-state index contributed by atoms with van der Waals surface area (Å²) in [5.41, 5.74) is 6.72. The maximum absolute atomic E-state index is 10.2. The van der Waals surface area contributed by atoms with E-state index in [4.69, 9.17) is 0 Å². The molecule has 2 heterocycles. The first-order chi connectivity index (χ1) is 19.5. The number of benzene rings is 5. The smallest absolute Gasteiger partial charge is 0.179 e. The monoisotopic (exact) mass is 524 g/mol. The van der Waals surface area contributed by atoms with Crippen LogP contribution in [0.2, 0.25) is 0 Å². The summed E-state index contributed by atoms with van der Waals surface area (Å²) in [5, 5.41) is 45.4. The Labute approximate surface area is 229 Å². The Bertz CT molecular complexity index is 1950. The fraction of sp³-hybridized carbons (Fsp3) is 0.0588. The standard InChI is InChI=1S/C34H24N2O4/c37-33(38)28-6-5-19-16-30(27-9-10-29(34(39)40)26-8-7-25(28)31(19)32(26)27)24-14-22(20-3-1-11-35-17-20)13-23(15-24)21-4-2-12-36-18-21/h1-18,33-34,37-40H. The molecule has 0 saturated heterocycles. The zero-order valence-electron chi connectivity index (χ0n) is 21.2. The van der Waals surface area contributed by atoms with Crippen molar-refractivity contribution in [2.75, 3.05) is 0 Å². The van der Waals surface area contributed by atoms with Gasteiger partial charge in [-0.1, -0.05) is 48.5 Å². The second kappa shape index (κ2) is 9.48. The number of nitrogens with zero attached hydrogens (tertiary/aromatic N) is 2. The summed E-state index contributed by atoms with van der Waals surface area (Å²) in [7, 11) is 0. The minimum atomic E-state index is -1.65. The Hall–Kier alpha value is -4.72. The molecular weight excluding hydrogens is 500 g/mol. The SMILES string of the molecule is OC(O)c1ccc2cc(-c3cc(-c4cccnc4)cc(-c4cccnc4)c3)c3ccc(C(O)O)c4ccc1c2c34. The van der Waals surface area contributed by atoms with E-state index >= 15 is 0 Å². The van der Waals surface area contributed by atoms with Crippen LogP contribution in [0.1, 0.15) is 23.7 Å². The number of hydrogen-bond donors (Lipinski definition) is 4. The Morgan fingerprint density at radius 3 is 1.55 bits per heavy atom. The van der Waals surface area contributed by atoms with Gasteiger partial charge < -0.3 is 20.4 Å². The van der Waals surface area contributed by atoms with E-state index in [2.05, 4.69) is 34.2 Å². The predicted molar refractivity (Wildman–Crippen MR) is 156 cm³/mol. The summed E-state index contributed by atoms with van der Waals surface area (Å²) >= 11 is 0. The van der Waals surface area contributed by atoms with Crippen molar-refractivity contribution < 1.29 is 20.4 Å². The Kier molecular flexibility index (Phi) is 5.77. The van der Waals surface area contributed by atoms with Crippen LogP contribution in [-0.2, 0) is 0 Å². The third-order valence-electron chi connectivity index (χ3n) is 7.64. The highest BCUT2D eigenvalue weighted by Crippen LogP contribution is 2.44. The number of pyridine rings is 2. The third kappa shape index (κ3) is 3.90. The maximum Gasteiger partial charge on any atom is 0.179 e. The van der Waals surface area contributed by atoms with E-state index in [1.54, 1.807) is 24.5 Å². The summed E-state index contributed by atoms with van der Waals surface area (Å²) < 4.78 is 0. The molecule has 0 aliphatic carbocycles. The average molecular weight is 525 g/mol. The van der Waals surface area contributed by atoms with Gasteiger partial charge in [0.25, 0.3) is 0 Å². The summed E-state index contributed by atoms with van der Waals surface area (Å²) in [6.45, 7) is 0. The lowest BCUT2D eigenvalue weighted by molar-refractivity contribution is -0.0419. The van der Waals surface area contributed by atoms with Gasteiger partial charge in [-0.3, -0.25) is 9.97 Å². The molecule has 6 nitrogen and oxygen atoms in total. The summed E-state index contributed by atoms with van der Waals surface area (Å²) in [4.78, 5) is 8.65. The second-order valence-corrected chi connectivity index (χ2v) is 9.94.